The number of nitrogens with one attached hydrogen (secondary N) is 1. The zero-order valence-electron chi connectivity index (χ0n) is 15.4. The third kappa shape index (κ3) is 2.90. The molecule has 5 nitrogen and oxygen atoms in total. The largest absolute Gasteiger partial charge is 0.324 e. The molecule has 2 aromatic rings. The van der Waals surface area contributed by atoms with Crippen LogP contribution in [0, 0.1) is 6.92 Å². The molecule has 0 fully saturated rings. The molecule has 3 rings (SSSR count). The fraction of sp³-hybridized carbons (Fsp3) is 0.286. The minimum atomic E-state index is -0.901. The highest BCUT2D eigenvalue weighted by atomic mass is 16.2. The summed E-state index contributed by atoms with van der Waals surface area (Å²) in [6.07, 6.45) is 0. The minimum absolute atomic E-state index is 0.236. The molecule has 0 aliphatic carbocycles. The van der Waals surface area contributed by atoms with Crippen molar-refractivity contribution in [3.63, 3.8) is 0 Å². The van der Waals surface area contributed by atoms with Crippen molar-refractivity contribution in [2.45, 2.75) is 39.7 Å². The predicted molar refractivity (Wildman–Crippen MR) is 100 cm³/mol. The molecule has 5 heteroatoms. The number of carbonyl (C=O) groups excluding carboxylic acids is 3. The van der Waals surface area contributed by atoms with Crippen LogP contribution < -0.4 is 5.32 Å². The summed E-state index contributed by atoms with van der Waals surface area (Å²) in [4.78, 5) is 39.0. The van der Waals surface area contributed by atoms with Gasteiger partial charge in [0, 0.05) is 5.69 Å². The van der Waals surface area contributed by atoms with E-state index in [1.54, 1.807) is 31.2 Å². The van der Waals surface area contributed by atoms with Gasteiger partial charge in [0.05, 0.1) is 11.1 Å². The van der Waals surface area contributed by atoms with Gasteiger partial charge in [0.15, 0.2) is 0 Å². The number of benzene rings is 2. The van der Waals surface area contributed by atoms with E-state index in [2.05, 4.69) is 19.2 Å². The molecule has 0 radical (unpaired) electrons. The predicted octanol–water partition coefficient (Wildman–Crippen LogP) is 3.74. The van der Waals surface area contributed by atoms with Gasteiger partial charge in [0.25, 0.3) is 11.8 Å². The Balaban J connectivity index is 1.87. The third-order valence-electron chi connectivity index (χ3n) is 4.77. The van der Waals surface area contributed by atoms with Crippen LogP contribution in [-0.4, -0.2) is 28.7 Å². The molecule has 3 amide bonds. The van der Waals surface area contributed by atoms with Crippen molar-refractivity contribution in [2.75, 3.05) is 5.32 Å². The highest BCUT2D eigenvalue weighted by Crippen LogP contribution is 2.29. The van der Waals surface area contributed by atoms with E-state index < -0.39 is 17.9 Å². The summed E-state index contributed by atoms with van der Waals surface area (Å²) < 4.78 is 0. The standard InChI is InChI=1S/C21H22N2O3/c1-12(2)15-11-7-8-13(3)18(15)22-19(24)14(4)23-20(25)16-9-5-6-10-17(16)21(23)26/h5-12,14H,1-4H3,(H,22,24)/t14-/m1/s1. The second-order valence-electron chi connectivity index (χ2n) is 6.88. The lowest BCUT2D eigenvalue weighted by Gasteiger charge is -2.23. The van der Waals surface area contributed by atoms with Gasteiger partial charge in [-0.1, -0.05) is 44.2 Å². The summed E-state index contributed by atoms with van der Waals surface area (Å²) in [5.41, 5.74) is 3.40. The Morgan fingerprint density at radius 2 is 1.50 bits per heavy atom. The van der Waals surface area contributed by atoms with Gasteiger partial charge >= 0.3 is 0 Å². The fourth-order valence-electron chi connectivity index (χ4n) is 3.25. The maximum absolute atomic E-state index is 12.8. The number of aryl methyl sites for hydroxylation is 1. The van der Waals surface area contributed by atoms with Crippen molar-refractivity contribution < 1.29 is 14.4 Å². The van der Waals surface area contributed by atoms with E-state index in [0.717, 1.165) is 21.7 Å². The van der Waals surface area contributed by atoms with Gasteiger partial charge in [-0.05, 0) is 43.0 Å². The average molecular weight is 350 g/mol. The zero-order valence-corrected chi connectivity index (χ0v) is 15.4. The van der Waals surface area contributed by atoms with Crippen molar-refractivity contribution in [3.05, 3.63) is 64.7 Å². The van der Waals surface area contributed by atoms with Crippen LogP contribution in [0.5, 0.6) is 0 Å². The molecule has 0 saturated heterocycles. The Kier molecular flexibility index (Phi) is 4.64. The average Bonchev–Trinajstić information content (AvgIpc) is 2.87. The number of anilines is 1. The second-order valence-corrected chi connectivity index (χ2v) is 6.88. The van der Waals surface area contributed by atoms with Crippen LogP contribution in [0.25, 0.3) is 0 Å². The van der Waals surface area contributed by atoms with Crippen LogP contribution in [0.15, 0.2) is 42.5 Å². The van der Waals surface area contributed by atoms with Crippen molar-refractivity contribution in [1.82, 2.24) is 4.90 Å². The van der Waals surface area contributed by atoms with E-state index in [1.165, 1.54) is 0 Å². The van der Waals surface area contributed by atoms with E-state index in [0.29, 0.717) is 11.1 Å². The van der Waals surface area contributed by atoms with E-state index in [9.17, 15) is 14.4 Å². The highest BCUT2D eigenvalue weighted by molar-refractivity contribution is 6.23. The van der Waals surface area contributed by atoms with Gasteiger partial charge in [-0.2, -0.15) is 0 Å². The maximum atomic E-state index is 12.8. The molecule has 1 N–H and O–H groups in total. The smallest absolute Gasteiger partial charge is 0.262 e. The molecule has 2 aromatic carbocycles. The van der Waals surface area contributed by atoms with Crippen molar-refractivity contribution in [2.24, 2.45) is 0 Å². The molecule has 1 aliphatic heterocycles. The second kappa shape index (κ2) is 6.75. The molecule has 0 bridgehead atoms. The Hall–Kier alpha value is -2.95. The lowest BCUT2D eigenvalue weighted by Crippen LogP contribution is -2.45. The lowest BCUT2D eigenvalue weighted by atomic mass is 9.98. The Morgan fingerprint density at radius 1 is 0.923 bits per heavy atom. The third-order valence-corrected chi connectivity index (χ3v) is 4.77. The molecule has 134 valence electrons. The summed E-state index contributed by atoms with van der Waals surface area (Å²) in [5, 5.41) is 2.92. The van der Waals surface area contributed by atoms with Gasteiger partial charge < -0.3 is 5.32 Å². The summed E-state index contributed by atoms with van der Waals surface area (Å²) in [6.45, 7) is 7.61. The van der Waals surface area contributed by atoms with Crippen molar-refractivity contribution >= 4 is 23.4 Å². The first-order valence-electron chi connectivity index (χ1n) is 8.70. The molecule has 26 heavy (non-hydrogen) atoms. The minimum Gasteiger partial charge on any atom is -0.324 e. The Labute approximate surface area is 153 Å². The summed E-state index contributed by atoms with van der Waals surface area (Å²) >= 11 is 0. The number of carbonyl (C=O) groups is 3. The molecule has 0 spiro atoms. The van der Waals surface area contributed by atoms with E-state index in [1.807, 2.05) is 25.1 Å². The molecule has 0 saturated carbocycles. The van der Waals surface area contributed by atoms with Crippen LogP contribution in [0.2, 0.25) is 0 Å². The molecule has 0 aromatic heterocycles. The number of para-hydroxylation sites is 1. The van der Waals surface area contributed by atoms with Gasteiger partial charge in [-0.3, -0.25) is 19.3 Å². The first kappa shape index (κ1) is 17.9. The van der Waals surface area contributed by atoms with Crippen LogP contribution >= 0.6 is 0 Å². The fourth-order valence-corrected chi connectivity index (χ4v) is 3.25. The summed E-state index contributed by atoms with van der Waals surface area (Å²) in [7, 11) is 0. The Bertz CT molecular complexity index is 867. The number of hydrogen-bond donors (Lipinski definition) is 1. The highest BCUT2D eigenvalue weighted by Gasteiger charge is 2.40. The van der Waals surface area contributed by atoms with Gasteiger partial charge in [0.2, 0.25) is 5.91 Å². The topological polar surface area (TPSA) is 66.5 Å². The number of hydrogen-bond acceptors (Lipinski definition) is 3. The SMILES string of the molecule is Cc1cccc(C(C)C)c1NC(=O)[C@@H](C)N1C(=O)c2ccccc2C1=O. The lowest BCUT2D eigenvalue weighted by molar-refractivity contribution is -0.119. The van der Waals surface area contributed by atoms with Crippen molar-refractivity contribution in [3.8, 4) is 0 Å². The van der Waals surface area contributed by atoms with Crippen molar-refractivity contribution in [1.29, 1.82) is 0 Å². The van der Waals surface area contributed by atoms with Gasteiger partial charge in [-0.25, -0.2) is 0 Å². The van der Waals surface area contributed by atoms with Gasteiger partial charge in [0.1, 0.15) is 6.04 Å². The molecular weight excluding hydrogens is 328 g/mol. The number of rotatable bonds is 4. The molecular formula is C21H22N2O3. The summed E-state index contributed by atoms with van der Waals surface area (Å²) in [6, 6.07) is 11.6. The monoisotopic (exact) mass is 350 g/mol. The van der Waals surface area contributed by atoms with E-state index >= 15 is 0 Å². The molecule has 1 aliphatic rings. The van der Waals surface area contributed by atoms with Crippen LogP contribution in [0.4, 0.5) is 5.69 Å². The van der Waals surface area contributed by atoms with Crippen LogP contribution in [0.1, 0.15) is 58.5 Å². The molecule has 0 unspecified atom stereocenters. The molecule has 1 atom stereocenters. The zero-order chi connectivity index (χ0) is 19.0. The maximum Gasteiger partial charge on any atom is 0.262 e. The number of fused-ring (bicyclic) bond motifs is 1. The van der Waals surface area contributed by atoms with Gasteiger partial charge in [-0.15, -0.1) is 0 Å². The normalized spacial score (nSPS) is 14.6. The quantitative estimate of drug-likeness (QED) is 0.854. The first-order chi connectivity index (χ1) is 12.3. The number of amides is 3. The number of nitrogens with zero attached hydrogens (tertiary/aromatic N) is 1. The molecule has 1 heterocycles. The van der Waals surface area contributed by atoms with Crippen LogP contribution in [-0.2, 0) is 4.79 Å². The Morgan fingerprint density at radius 3 is 2.04 bits per heavy atom. The van der Waals surface area contributed by atoms with E-state index in [4.69, 9.17) is 0 Å². The number of imide groups is 1. The van der Waals surface area contributed by atoms with E-state index in [-0.39, 0.29) is 11.8 Å². The van der Waals surface area contributed by atoms with Crippen LogP contribution in [0.3, 0.4) is 0 Å². The summed E-state index contributed by atoms with van der Waals surface area (Å²) in [5.74, 6) is -1.00. The first-order valence-corrected chi connectivity index (χ1v) is 8.70.